The second-order valence-electron chi connectivity index (χ2n) is 4.02. The third-order valence-electron chi connectivity index (χ3n) is 2.63. The van der Waals surface area contributed by atoms with E-state index in [1.807, 2.05) is 36.4 Å². The zero-order chi connectivity index (χ0) is 13.8. The summed E-state index contributed by atoms with van der Waals surface area (Å²) in [6.45, 7) is 0.343. The number of aromatic nitrogens is 5. The Morgan fingerprint density at radius 1 is 1.15 bits per heavy atom. The van der Waals surface area contributed by atoms with Gasteiger partial charge in [0.2, 0.25) is 5.82 Å². The van der Waals surface area contributed by atoms with Gasteiger partial charge >= 0.3 is 0 Å². The number of benzene rings is 1. The molecule has 2 heterocycles. The van der Waals surface area contributed by atoms with Crippen molar-refractivity contribution in [2.45, 2.75) is 6.61 Å². The second-order valence-corrected chi connectivity index (χ2v) is 4.45. The summed E-state index contributed by atoms with van der Waals surface area (Å²) in [6, 6.07) is 11.1. The van der Waals surface area contributed by atoms with Crippen molar-refractivity contribution in [3.8, 4) is 11.4 Å². The number of tetrazole rings is 1. The van der Waals surface area contributed by atoms with Crippen LogP contribution in [0.4, 0.5) is 0 Å². The average molecular weight is 288 g/mol. The van der Waals surface area contributed by atoms with E-state index in [-0.39, 0.29) is 0 Å². The van der Waals surface area contributed by atoms with Crippen LogP contribution in [-0.4, -0.2) is 25.4 Å². The highest BCUT2D eigenvalue weighted by molar-refractivity contribution is 6.30. The summed E-state index contributed by atoms with van der Waals surface area (Å²) in [7, 11) is 0. The van der Waals surface area contributed by atoms with Crippen LogP contribution in [0, 0.1) is 0 Å². The minimum Gasteiger partial charge on any atom is -0.389 e. The zero-order valence-corrected chi connectivity index (χ0v) is 11.1. The van der Waals surface area contributed by atoms with Gasteiger partial charge in [-0.25, -0.2) is 0 Å². The third kappa shape index (κ3) is 2.75. The Bertz CT molecular complexity index is 683. The van der Waals surface area contributed by atoms with Crippen LogP contribution in [0.5, 0.6) is 0 Å². The first-order chi connectivity index (χ1) is 9.83. The Kier molecular flexibility index (Phi) is 3.56. The SMILES string of the molecule is Clc1ccc(COn2nnnc2-c2cccnc2)cc1. The summed E-state index contributed by atoms with van der Waals surface area (Å²) in [5.74, 6) is 0.507. The lowest BCUT2D eigenvalue weighted by Gasteiger charge is -2.06. The summed E-state index contributed by atoms with van der Waals surface area (Å²) in [5.41, 5.74) is 1.76. The van der Waals surface area contributed by atoms with E-state index in [9.17, 15) is 0 Å². The standard InChI is InChI=1S/C13H10ClN5O/c14-12-5-3-10(4-6-12)9-20-19-13(16-17-18-19)11-2-1-7-15-8-11/h1-8H,9H2. The van der Waals surface area contributed by atoms with E-state index in [1.165, 1.54) is 4.85 Å². The number of hydrogen-bond donors (Lipinski definition) is 0. The van der Waals surface area contributed by atoms with Gasteiger partial charge in [0.05, 0.1) is 0 Å². The van der Waals surface area contributed by atoms with Crippen molar-refractivity contribution in [3.63, 3.8) is 0 Å². The van der Waals surface area contributed by atoms with Crippen LogP contribution in [0.15, 0.2) is 48.8 Å². The van der Waals surface area contributed by atoms with Crippen LogP contribution in [0.1, 0.15) is 5.56 Å². The number of hydrogen-bond acceptors (Lipinski definition) is 5. The van der Waals surface area contributed by atoms with Gasteiger partial charge in [0.25, 0.3) is 0 Å². The molecule has 100 valence electrons. The fourth-order valence-corrected chi connectivity index (χ4v) is 1.77. The van der Waals surface area contributed by atoms with Crippen LogP contribution in [0.25, 0.3) is 11.4 Å². The van der Waals surface area contributed by atoms with E-state index in [1.54, 1.807) is 12.4 Å². The van der Waals surface area contributed by atoms with Crippen molar-refractivity contribution in [2.24, 2.45) is 0 Å². The monoisotopic (exact) mass is 287 g/mol. The highest BCUT2D eigenvalue weighted by atomic mass is 35.5. The lowest BCUT2D eigenvalue weighted by Crippen LogP contribution is -2.14. The fraction of sp³-hybridized carbons (Fsp3) is 0.0769. The van der Waals surface area contributed by atoms with Crippen LogP contribution >= 0.6 is 11.6 Å². The first-order valence-corrected chi connectivity index (χ1v) is 6.27. The van der Waals surface area contributed by atoms with E-state index >= 15 is 0 Å². The van der Waals surface area contributed by atoms with Crippen LogP contribution < -0.4 is 4.84 Å². The van der Waals surface area contributed by atoms with Gasteiger partial charge in [-0.05, 0) is 40.3 Å². The van der Waals surface area contributed by atoms with Crippen molar-refractivity contribution in [2.75, 3.05) is 0 Å². The topological polar surface area (TPSA) is 65.7 Å². The largest absolute Gasteiger partial charge is 0.389 e. The van der Waals surface area contributed by atoms with Crippen LogP contribution in [0.2, 0.25) is 5.02 Å². The lowest BCUT2D eigenvalue weighted by molar-refractivity contribution is 0.0695. The molecule has 20 heavy (non-hydrogen) atoms. The minimum atomic E-state index is 0.343. The first kappa shape index (κ1) is 12.6. The Morgan fingerprint density at radius 3 is 2.75 bits per heavy atom. The van der Waals surface area contributed by atoms with Crippen molar-refractivity contribution in [1.29, 1.82) is 0 Å². The van der Waals surface area contributed by atoms with Crippen molar-refractivity contribution >= 4 is 11.6 Å². The molecule has 0 N–H and O–H groups in total. The number of pyridine rings is 1. The molecule has 0 saturated carbocycles. The van der Waals surface area contributed by atoms with Gasteiger partial charge < -0.3 is 4.84 Å². The predicted octanol–water partition coefficient (Wildman–Crippen LogP) is 2.02. The van der Waals surface area contributed by atoms with E-state index in [0.717, 1.165) is 11.1 Å². The molecule has 2 aromatic heterocycles. The maximum Gasteiger partial charge on any atom is 0.223 e. The molecular formula is C13H10ClN5O. The smallest absolute Gasteiger partial charge is 0.223 e. The Balaban J connectivity index is 1.76. The van der Waals surface area contributed by atoms with Crippen LogP contribution in [0.3, 0.4) is 0 Å². The van der Waals surface area contributed by atoms with Crippen LogP contribution in [-0.2, 0) is 6.61 Å². The number of halogens is 1. The molecule has 0 aliphatic carbocycles. The van der Waals surface area contributed by atoms with Gasteiger partial charge in [0, 0.05) is 23.0 Å². The molecule has 0 aliphatic heterocycles. The van der Waals surface area contributed by atoms with Gasteiger partial charge in [-0.3, -0.25) is 4.98 Å². The molecule has 0 atom stereocenters. The van der Waals surface area contributed by atoms with Crippen molar-refractivity contribution in [1.82, 2.24) is 25.4 Å². The predicted molar refractivity (Wildman–Crippen MR) is 72.8 cm³/mol. The van der Waals surface area contributed by atoms with Gasteiger partial charge in [-0.15, -0.1) is 5.10 Å². The van der Waals surface area contributed by atoms with E-state index in [2.05, 4.69) is 20.5 Å². The summed E-state index contributed by atoms with van der Waals surface area (Å²) >= 11 is 5.83. The van der Waals surface area contributed by atoms with Crippen molar-refractivity contribution < 1.29 is 4.84 Å². The summed E-state index contributed by atoms with van der Waals surface area (Å²) < 4.78 is 0. The van der Waals surface area contributed by atoms with E-state index in [4.69, 9.17) is 16.4 Å². The molecule has 1 aromatic carbocycles. The number of nitrogens with zero attached hydrogens (tertiary/aromatic N) is 5. The molecule has 7 heteroatoms. The first-order valence-electron chi connectivity index (χ1n) is 5.89. The Morgan fingerprint density at radius 2 is 2.00 bits per heavy atom. The third-order valence-corrected chi connectivity index (χ3v) is 2.88. The molecular weight excluding hydrogens is 278 g/mol. The lowest BCUT2D eigenvalue weighted by atomic mass is 10.2. The van der Waals surface area contributed by atoms with Gasteiger partial charge in [0.1, 0.15) is 6.61 Å². The molecule has 0 unspecified atom stereocenters. The van der Waals surface area contributed by atoms with E-state index < -0.39 is 0 Å². The molecule has 0 aliphatic rings. The molecule has 0 fully saturated rings. The Labute approximate surface area is 119 Å². The van der Waals surface area contributed by atoms with E-state index in [0.29, 0.717) is 17.5 Å². The minimum absolute atomic E-state index is 0.343. The molecule has 6 nitrogen and oxygen atoms in total. The van der Waals surface area contributed by atoms with Crippen molar-refractivity contribution in [3.05, 3.63) is 59.4 Å². The molecule has 0 radical (unpaired) electrons. The molecule has 0 saturated heterocycles. The molecule has 0 spiro atoms. The van der Waals surface area contributed by atoms with Gasteiger partial charge in [-0.2, -0.15) is 0 Å². The fourth-order valence-electron chi connectivity index (χ4n) is 1.65. The quantitative estimate of drug-likeness (QED) is 0.734. The molecule has 3 rings (SSSR count). The van der Waals surface area contributed by atoms with Gasteiger partial charge in [-0.1, -0.05) is 28.6 Å². The molecule has 0 amide bonds. The second kappa shape index (κ2) is 5.66. The number of rotatable bonds is 4. The zero-order valence-electron chi connectivity index (χ0n) is 10.3. The molecule has 0 bridgehead atoms. The maximum absolute atomic E-state index is 5.83. The highest BCUT2D eigenvalue weighted by Crippen LogP contribution is 2.13. The highest BCUT2D eigenvalue weighted by Gasteiger charge is 2.09. The van der Waals surface area contributed by atoms with Gasteiger partial charge in [0.15, 0.2) is 0 Å². The average Bonchev–Trinajstić information content (AvgIpc) is 2.96. The summed E-state index contributed by atoms with van der Waals surface area (Å²) in [6.07, 6.45) is 3.36. The summed E-state index contributed by atoms with van der Waals surface area (Å²) in [4.78, 5) is 10.9. The normalized spacial score (nSPS) is 10.4. The Hall–Kier alpha value is -2.47. The summed E-state index contributed by atoms with van der Waals surface area (Å²) in [5, 5.41) is 12.0. The molecule has 3 aromatic rings. The maximum atomic E-state index is 5.83.